The van der Waals surface area contributed by atoms with Crippen LogP contribution in [0, 0.1) is 0 Å². The van der Waals surface area contributed by atoms with Gasteiger partial charge in [0.15, 0.2) is 15.6 Å². The van der Waals surface area contributed by atoms with Crippen LogP contribution in [0.4, 0.5) is 4.79 Å². The van der Waals surface area contributed by atoms with E-state index < -0.39 is 15.9 Å². The summed E-state index contributed by atoms with van der Waals surface area (Å²) in [5.74, 6) is 0.728. The Bertz CT molecular complexity index is 1400. The number of hydrogen-bond acceptors (Lipinski definition) is 6. The molecule has 0 unspecified atom stereocenters. The first-order valence-electron chi connectivity index (χ1n) is 10.7. The van der Waals surface area contributed by atoms with E-state index in [1.807, 2.05) is 0 Å². The van der Waals surface area contributed by atoms with Crippen molar-refractivity contribution >= 4 is 43.5 Å². The number of pyridine rings is 1. The van der Waals surface area contributed by atoms with Gasteiger partial charge in [-0.2, -0.15) is 0 Å². The highest BCUT2D eigenvalue weighted by molar-refractivity contribution is 9.10. The highest BCUT2D eigenvalue weighted by Crippen LogP contribution is 2.28. The van der Waals surface area contributed by atoms with Crippen molar-refractivity contribution in [3.8, 4) is 17.2 Å². The molecule has 0 radical (unpaired) electrons. The van der Waals surface area contributed by atoms with Crippen molar-refractivity contribution in [2.45, 2.75) is 23.8 Å². The molecule has 1 aliphatic heterocycles. The Morgan fingerprint density at radius 3 is 2.34 bits per heavy atom. The van der Waals surface area contributed by atoms with Crippen molar-refractivity contribution in [1.29, 1.82) is 0 Å². The summed E-state index contributed by atoms with van der Waals surface area (Å²) >= 11 is 9.43. The first kappa shape index (κ1) is 25.3. The molecule has 8 nitrogen and oxygen atoms in total. The summed E-state index contributed by atoms with van der Waals surface area (Å²) < 4.78 is 36.8. The van der Waals surface area contributed by atoms with Crippen LogP contribution in [0.15, 0.2) is 75.0 Å². The van der Waals surface area contributed by atoms with Crippen molar-refractivity contribution in [3.05, 3.63) is 80.6 Å². The van der Waals surface area contributed by atoms with Gasteiger partial charge in [-0.15, -0.1) is 0 Å². The lowest BCUT2D eigenvalue weighted by atomic mass is 10.1. The number of likely N-dealkylation sites (tertiary alicyclic amines) is 1. The van der Waals surface area contributed by atoms with Crippen LogP contribution in [0.5, 0.6) is 11.5 Å². The largest absolute Gasteiger partial charge is 0.490 e. The molecule has 1 aliphatic rings. The predicted octanol–water partition coefficient (Wildman–Crippen LogP) is 4.70. The third-order valence-electron chi connectivity index (χ3n) is 5.53. The monoisotopic (exact) mass is 580 g/mol. The molecule has 1 saturated heterocycles. The maximum absolute atomic E-state index is 12.6. The minimum absolute atomic E-state index is 0.153. The van der Waals surface area contributed by atoms with Gasteiger partial charge in [0.1, 0.15) is 11.9 Å². The fourth-order valence-corrected chi connectivity index (χ4v) is 5.01. The third-order valence-corrected chi connectivity index (χ3v) is 7.45. The normalized spacial score (nSPS) is 14.5. The van der Waals surface area contributed by atoms with E-state index in [2.05, 4.69) is 15.9 Å². The zero-order chi connectivity index (χ0) is 25.2. The Morgan fingerprint density at radius 2 is 1.74 bits per heavy atom. The molecular weight excluding hydrogens is 560 g/mol. The molecule has 4 rings (SSSR count). The molecule has 1 fully saturated rings. The summed E-state index contributed by atoms with van der Waals surface area (Å²) in [5, 5.41) is 0.340. The molecule has 11 heteroatoms. The van der Waals surface area contributed by atoms with Gasteiger partial charge in [-0.1, -0.05) is 27.5 Å². The lowest BCUT2D eigenvalue weighted by Crippen LogP contribution is -2.43. The van der Waals surface area contributed by atoms with Crippen LogP contribution in [0.2, 0.25) is 5.02 Å². The van der Waals surface area contributed by atoms with Crippen LogP contribution >= 0.6 is 27.5 Å². The van der Waals surface area contributed by atoms with Crippen molar-refractivity contribution in [3.63, 3.8) is 0 Å². The molecule has 184 valence electrons. The van der Waals surface area contributed by atoms with Crippen molar-refractivity contribution in [2.24, 2.45) is 0 Å². The van der Waals surface area contributed by atoms with Gasteiger partial charge >= 0.3 is 6.09 Å². The molecule has 0 bridgehead atoms. The quantitative estimate of drug-likeness (QED) is 0.434. The van der Waals surface area contributed by atoms with Crippen LogP contribution in [0.1, 0.15) is 12.8 Å². The lowest BCUT2D eigenvalue weighted by Gasteiger charge is -2.31. The average Bonchev–Trinajstić information content (AvgIpc) is 2.81. The summed E-state index contributed by atoms with van der Waals surface area (Å²) in [7, 11) is -3.31. The van der Waals surface area contributed by atoms with E-state index in [0.29, 0.717) is 48.1 Å². The van der Waals surface area contributed by atoms with E-state index in [0.717, 1.165) is 10.7 Å². The average molecular weight is 582 g/mol. The van der Waals surface area contributed by atoms with E-state index >= 15 is 0 Å². The standard InChI is InChI=1S/C24H22BrClN2O6S/c1-35(31,32)20-5-3-17(4-6-20)28-13-10-19(15-23(28)29)33-18-8-11-27(12-9-18)24(30)34-22-7-2-16(25)14-21(22)26/h2-7,10,13-15,18H,8-9,11-12H2,1H3. The van der Waals surface area contributed by atoms with Gasteiger partial charge in [0.25, 0.3) is 5.56 Å². The molecule has 3 aromatic rings. The zero-order valence-electron chi connectivity index (χ0n) is 18.7. The number of ether oxygens (including phenoxy) is 2. The van der Waals surface area contributed by atoms with Crippen LogP contribution in [0.25, 0.3) is 5.69 Å². The topological polar surface area (TPSA) is 94.9 Å². The SMILES string of the molecule is CS(=O)(=O)c1ccc(-n2ccc(OC3CCN(C(=O)Oc4ccc(Br)cc4Cl)CC3)cc2=O)cc1. The first-order valence-corrected chi connectivity index (χ1v) is 13.8. The number of carbonyl (C=O) groups excluding carboxylic acids is 1. The number of rotatable bonds is 5. The molecule has 1 amide bonds. The number of hydrogen-bond donors (Lipinski definition) is 0. The van der Waals surface area contributed by atoms with Gasteiger partial charge in [-0.25, -0.2) is 13.2 Å². The first-order chi connectivity index (χ1) is 16.6. The molecule has 1 aromatic heterocycles. The Labute approximate surface area is 216 Å². The van der Waals surface area contributed by atoms with Gasteiger partial charge in [-0.3, -0.25) is 9.36 Å². The van der Waals surface area contributed by atoms with E-state index in [9.17, 15) is 18.0 Å². The highest BCUT2D eigenvalue weighted by atomic mass is 79.9. The lowest BCUT2D eigenvalue weighted by molar-refractivity contribution is 0.0929. The summed E-state index contributed by atoms with van der Waals surface area (Å²) in [6.45, 7) is 0.892. The van der Waals surface area contributed by atoms with Gasteiger partial charge in [0, 0.05) is 54.6 Å². The number of sulfone groups is 1. The zero-order valence-corrected chi connectivity index (χ0v) is 21.8. The van der Waals surface area contributed by atoms with Gasteiger partial charge in [-0.05, 0) is 48.5 Å². The Morgan fingerprint density at radius 1 is 1.06 bits per heavy atom. The number of halogens is 2. The number of carbonyl (C=O) groups is 1. The number of nitrogens with zero attached hydrogens (tertiary/aromatic N) is 2. The Balaban J connectivity index is 1.34. The van der Waals surface area contributed by atoms with Crippen LogP contribution in [-0.4, -0.2) is 49.4 Å². The van der Waals surface area contributed by atoms with E-state index in [4.69, 9.17) is 21.1 Å². The second-order valence-corrected chi connectivity index (χ2v) is 11.4. The van der Waals surface area contributed by atoms with Crippen molar-refractivity contribution in [1.82, 2.24) is 9.47 Å². The summed E-state index contributed by atoms with van der Waals surface area (Å²) in [4.78, 5) is 26.9. The number of amides is 1. The molecule has 0 spiro atoms. The second-order valence-electron chi connectivity index (χ2n) is 8.08. The number of aromatic nitrogens is 1. The third kappa shape index (κ3) is 6.25. The van der Waals surface area contributed by atoms with E-state index in [1.165, 1.54) is 22.8 Å². The van der Waals surface area contributed by atoms with Crippen molar-refractivity contribution in [2.75, 3.05) is 19.3 Å². The van der Waals surface area contributed by atoms with Crippen LogP contribution in [0.3, 0.4) is 0 Å². The van der Waals surface area contributed by atoms with Crippen LogP contribution in [-0.2, 0) is 9.84 Å². The van der Waals surface area contributed by atoms with E-state index in [-0.39, 0.29) is 16.6 Å². The van der Waals surface area contributed by atoms with E-state index in [1.54, 1.807) is 47.5 Å². The van der Waals surface area contributed by atoms with Gasteiger partial charge < -0.3 is 14.4 Å². The summed E-state index contributed by atoms with van der Waals surface area (Å²) in [6.07, 6.45) is 3.25. The molecule has 0 N–H and O–H groups in total. The molecule has 35 heavy (non-hydrogen) atoms. The van der Waals surface area contributed by atoms with Gasteiger partial charge in [0.05, 0.1) is 9.92 Å². The fraction of sp³-hybridized carbons (Fsp3) is 0.250. The minimum atomic E-state index is -3.31. The van der Waals surface area contributed by atoms with Gasteiger partial charge in [0.2, 0.25) is 0 Å². The Kier molecular flexibility index (Phi) is 7.53. The predicted molar refractivity (Wildman–Crippen MR) is 136 cm³/mol. The second kappa shape index (κ2) is 10.4. The van der Waals surface area contributed by atoms with Crippen LogP contribution < -0.4 is 15.0 Å². The maximum atomic E-state index is 12.6. The smallest absolute Gasteiger partial charge is 0.415 e. The maximum Gasteiger partial charge on any atom is 0.415 e. The molecule has 2 heterocycles. The minimum Gasteiger partial charge on any atom is -0.490 e. The summed E-state index contributed by atoms with van der Waals surface area (Å²) in [5.41, 5.74) is 0.244. The van der Waals surface area contributed by atoms with Crippen molar-refractivity contribution < 1.29 is 22.7 Å². The molecule has 0 atom stereocenters. The molecule has 2 aromatic carbocycles. The fourth-order valence-electron chi connectivity index (χ4n) is 3.67. The summed E-state index contributed by atoms with van der Waals surface area (Å²) in [6, 6.07) is 14.2. The Hall–Kier alpha value is -2.82. The number of benzene rings is 2. The highest BCUT2D eigenvalue weighted by Gasteiger charge is 2.26. The molecular formula is C24H22BrClN2O6S. The molecule has 0 saturated carbocycles. The molecule has 0 aliphatic carbocycles. The number of piperidine rings is 1.